The van der Waals surface area contributed by atoms with Crippen LogP contribution >= 0.6 is 0 Å². The summed E-state index contributed by atoms with van der Waals surface area (Å²) in [4.78, 5) is 20.2. The van der Waals surface area contributed by atoms with E-state index in [0.717, 1.165) is 50.1 Å². The molecule has 1 N–H and O–H groups in total. The third-order valence-electron chi connectivity index (χ3n) is 8.76. The lowest BCUT2D eigenvalue weighted by Gasteiger charge is -2.49. The van der Waals surface area contributed by atoms with E-state index in [0.29, 0.717) is 25.0 Å². The van der Waals surface area contributed by atoms with Crippen molar-refractivity contribution >= 4 is 0 Å². The summed E-state index contributed by atoms with van der Waals surface area (Å²) in [6, 6.07) is 8.15. The predicted molar refractivity (Wildman–Crippen MR) is 118 cm³/mol. The molecule has 2 aromatic rings. The molecule has 164 valence electrons. The second kappa shape index (κ2) is 7.56. The third kappa shape index (κ3) is 3.28. The Balaban J connectivity index is 1.48. The van der Waals surface area contributed by atoms with E-state index in [4.69, 9.17) is 14.5 Å². The Hall–Kier alpha value is -1.98. The molecule has 0 aromatic carbocycles. The van der Waals surface area contributed by atoms with Gasteiger partial charge in [-0.25, -0.2) is 0 Å². The van der Waals surface area contributed by atoms with E-state index in [-0.39, 0.29) is 11.0 Å². The molecule has 3 aliphatic carbocycles. The lowest BCUT2D eigenvalue weighted by molar-refractivity contribution is -0.199. The molecule has 31 heavy (non-hydrogen) atoms. The first-order valence-electron chi connectivity index (χ1n) is 12.1. The number of ether oxygens (including phenoxy) is 2. The van der Waals surface area contributed by atoms with Crippen molar-refractivity contribution in [3.63, 3.8) is 0 Å². The van der Waals surface area contributed by atoms with Crippen molar-refractivity contribution in [3.05, 3.63) is 63.8 Å². The number of hydrogen-bond acceptors (Lipinski definition) is 4. The maximum Gasteiger partial charge on any atom is 0.248 e. The van der Waals surface area contributed by atoms with Crippen LogP contribution in [0, 0.1) is 11.8 Å². The zero-order valence-electron chi connectivity index (χ0n) is 18.1. The summed E-state index contributed by atoms with van der Waals surface area (Å²) in [7, 11) is 0. The number of hydrogen-bond donors (Lipinski definition) is 1. The molecule has 0 amide bonds. The van der Waals surface area contributed by atoms with Crippen molar-refractivity contribution in [2.75, 3.05) is 13.2 Å². The Labute approximate surface area is 183 Å². The highest BCUT2D eigenvalue weighted by Crippen LogP contribution is 2.58. The maximum absolute atomic E-state index is 12.4. The van der Waals surface area contributed by atoms with Gasteiger partial charge >= 0.3 is 0 Å². The predicted octanol–water partition coefficient (Wildman–Crippen LogP) is 4.47. The molecule has 5 nitrogen and oxygen atoms in total. The van der Waals surface area contributed by atoms with Crippen molar-refractivity contribution in [2.24, 2.45) is 11.8 Å². The quantitative estimate of drug-likeness (QED) is 0.796. The second-order valence-corrected chi connectivity index (χ2v) is 10.2. The third-order valence-corrected chi connectivity index (χ3v) is 8.76. The fourth-order valence-corrected chi connectivity index (χ4v) is 7.03. The molecule has 2 saturated carbocycles. The van der Waals surface area contributed by atoms with Crippen LogP contribution in [0.3, 0.4) is 0 Å². The highest BCUT2D eigenvalue weighted by molar-refractivity contribution is 5.40. The molecule has 5 heteroatoms. The van der Waals surface area contributed by atoms with Crippen molar-refractivity contribution in [1.82, 2.24) is 9.97 Å². The van der Waals surface area contributed by atoms with Crippen LogP contribution in [0.1, 0.15) is 74.1 Å². The minimum Gasteiger partial charge on any atom is -0.348 e. The number of aromatic amines is 1. The van der Waals surface area contributed by atoms with Gasteiger partial charge in [-0.05, 0) is 79.5 Å². The fourth-order valence-electron chi connectivity index (χ4n) is 7.03. The van der Waals surface area contributed by atoms with Crippen LogP contribution in [-0.2, 0) is 21.3 Å². The van der Waals surface area contributed by atoms with Crippen LogP contribution in [0.5, 0.6) is 0 Å². The zero-order valence-corrected chi connectivity index (χ0v) is 18.1. The van der Waals surface area contributed by atoms with Crippen LogP contribution in [0.2, 0.25) is 0 Å². The smallest absolute Gasteiger partial charge is 0.248 e. The average molecular weight is 421 g/mol. The van der Waals surface area contributed by atoms with E-state index >= 15 is 0 Å². The van der Waals surface area contributed by atoms with Gasteiger partial charge in [-0.15, -0.1) is 0 Å². The number of rotatable bonds is 3. The molecular formula is C26H32N2O3. The molecule has 0 bridgehead atoms. The van der Waals surface area contributed by atoms with Gasteiger partial charge in [0.1, 0.15) is 0 Å². The van der Waals surface area contributed by atoms with E-state index in [1.807, 2.05) is 18.3 Å². The van der Waals surface area contributed by atoms with Gasteiger partial charge in [0.15, 0.2) is 5.79 Å². The standard InChI is InChI=1S/C26H32N2O3/c29-24-14-22-21(18-4-3-5-18)8-7-19-15-26(30-12-13-31-26)10-9-25(19,23(22)17-28-24)16-20-6-1-2-11-27-20/h1-2,6,11,14,17-19,21H,3-5,7-10,12-13,15-16H2,(H,28,29). The zero-order chi connectivity index (χ0) is 20.9. The summed E-state index contributed by atoms with van der Waals surface area (Å²) < 4.78 is 12.4. The number of aromatic nitrogens is 2. The summed E-state index contributed by atoms with van der Waals surface area (Å²) in [6.45, 7) is 1.41. The van der Waals surface area contributed by atoms with Gasteiger partial charge < -0.3 is 14.5 Å². The summed E-state index contributed by atoms with van der Waals surface area (Å²) >= 11 is 0. The first kappa shape index (κ1) is 19.7. The summed E-state index contributed by atoms with van der Waals surface area (Å²) in [5.41, 5.74) is 3.81. The van der Waals surface area contributed by atoms with Crippen LogP contribution < -0.4 is 5.56 Å². The molecular weight excluding hydrogens is 388 g/mol. The molecule has 0 radical (unpaired) electrons. The highest BCUT2D eigenvalue weighted by atomic mass is 16.7. The molecule has 1 saturated heterocycles. The number of pyridine rings is 2. The van der Waals surface area contributed by atoms with Gasteiger partial charge in [-0.3, -0.25) is 9.78 Å². The molecule has 3 heterocycles. The lowest BCUT2D eigenvalue weighted by Crippen LogP contribution is -2.49. The van der Waals surface area contributed by atoms with E-state index in [1.165, 1.54) is 30.4 Å². The molecule has 6 rings (SSSR count). The summed E-state index contributed by atoms with van der Waals surface area (Å²) in [5.74, 6) is 1.27. The van der Waals surface area contributed by atoms with Gasteiger partial charge in [-0.2, -0.15) is 0 Å². The van der Waals surface area contributed by atoms with Gasteiger partial charge in [0.05, 0.1) is 13.2 Å². The fraction of sp³-hybridized carbons (Fsp3) is 0.615. The Bertz CT molecular complexity index is 993. The highest BCUT2D eigenvalue weighted by Gasteiger charge is 2.55. The topological polar surface area (TPSA) is 64.2 Å². The monoisotopic (exact) mass is 420 g/mol. The molecule has 3 unspecified atom stereocenters. The van der Waals surface area contributed by atoms with Gasteiger partial charge in [0.25, 0.3) is 0 Å². The minimum absolute atomic E-state index is 0.0317. The van der Waals surface area contributed by atoms with E-state index in [1.54, 1.807) is 0 Å². The largest absolute Gasteiger partial charge is 0.348 e. The second-order valence-electron chi connectivity index (χ2n) is 10.2. The Morgan fingerprint density at radius 3 is 2.71 bits per heavy atom. The SMILES string of the molecule is O=c1cc2c(c[nH]1)C1(Cc3ccccn3)CCC3(CC1CCC2C1CCC1)OCCO3. The van der Waals surface area contributed by atoms with Crippen molar-refractivity contribution in [2.45, 2.75) is 74.9 Å². The average Bonchev–Trinajstić information content (AvgIpc) is 3.15. The molecule has 3 atom stereocenters. The minimum atomic E-state index is -0.406. The number of fused-ring (bicyclic) bond motifs is 3. The molecule has 4 aliphatic rings. The summed E-state index contributed by atoms with van der Waals surface area (Å²) in [6.07, 6.45) is 13.9. The first-order chi connectivity index (χ1) is 15.2. The first-order valence-corrected chi connectivity index (χ1v) is 12.1. The van der Waals surface area contributed by atoms with Gasteiger partial charge in [0, 0.05) is 42.4 Å². The van der Waals surface area contributed by atoms with Crippen molar-refractivity contribution in [1.29, 1.82) is 0 Å². The maximum atomic E-state index is 12.4. The van der Waals surface area contributed by atoms with E-state index < -0.39 is 5.79 Å². The van der Waals surface area contributed by atoms with Crippen molar-refractivity contribution in [3.8, 4) is 0 Å². The molecule has 3 fully saturated rings. The Kier molecular flexibility index (Phi) is 4.80. The molecule has 1 aliphatic heterocycles. The number of nitrogens with zero attached hydrogens (tertiary/aromatic N) is 1. The normalized spacial score (nSPS) is 32.1. The van der Waals surface area contributed by atoms with E-state index in [2.05, 4.69) is 23.3 Å². The van der Waals surface area contributed by atoms with Gasteiger partial charge in [0.2, 0.25) is 5.56 Å². The van der Waals surface area contributed by atoms with Crippen LogP contribution in [0.25, 0.3) is 0 Å². The number of nitrogens with one attached hydrogen (secondary N) is 1. The Morgan fingerprint density at radius 1 is 1.10 bits per heavy atom. The number of H-pyrrole nitrogens is 1. The van der Waals surface area contributed by atoms with Crippen LogP contribution in [0.15, 0.2) is 41.5 Å². The van der Waals surface area contributed by atoms with Crippen LogP contribution in [0.4, 0.5) is 0 Å². The molecule has 2 aromatic heterocycles. The summed E-state index contributed by atoms with van der Waals surface area (Å²) in [5, 5.41) is 0. The van der Waals surface area contributed by atoms with Crippen molar-refractivity contribution < 1.29 is 9.47 Å². The van der Waals surface area contributed by atoms with E-state index in [9.17, 15) is 4.79 Å². The van der Waals surface area contributed by atoms with Gasteiger partial charge in [-0.1, -0.05) is 12.5 Å². The van der Waals surface area contributed by atoms with Crippen LogP contribution in [-0.4, -0.2) is 29.0 Å². The Morgan fingerprint density at radius 2 is 1.97 bits per heavy atom. The molecule has 1 spiro atoms. The lowest BCUT2D eigenvalue weighted by atomic mass is 9.58.